The number of hydrogen-bond donors (Lipinski definition) is 2. The van der Waals surface area contributed by atoms with Crippen molar-refractivity contribution in [3.63, 3.8) is 0 Å². The minimum absolute atomic E-state index is 0.289. The lowest BCUT2D eigenvalue weighted by Crippen LogP contribution is -2.39. The predicted molar refractivity (Wildman–Crippen MR) is 171 cm³/mol. The van der Waals surface area contributed by atoms with E-state index in [-0.39, 0.29) is 11.4 Å². The topological polar surface area (TPSA) is 98.7 Å². The minimum Gasteiger partial charge on any atom is -0.382 e. The Labute approximate surface area is 247 Å². The highest BCUT2D eigenvalue weighted by Crippen LogP contribution is 2.43. The van der Waals surface area contributed by atoms with E-state index >= 15 is 0 Å². The van der Waals surface area contributed by atoms with Crippen LogP contribution in [0.4, 0.5) is 5.82 Å². The van der Waals surface area contributed by atoms with Gasteiger partial charge in [-0.1, -0.05) is 121 Å². The lowest BCUT2D eigenvalue weighted by molar-refractivity contribution is 0.477. The third-order valence-electron chi connectivity index (χ3n) is 8.32. The van der Waals surface area contributed by atoms with Crippen LogP contribution in [-0.4, -0.2) is 19.3 Å². The summed E-state index contributed by atoms with van der Waals surface area (Å²) in [5.74, 6) is 0.289. The van der Waals surface area contributed by atoms with E-state index in [1.807, 2.05) is 103 Å². The molecule has 0 spiro atoms. The number of anilines is 1. The molecule has 7 aromatic rings. The summed E-state index contributed by atoms with van der Waals surface area (Å²) in [5.41, 5.74) is 9.80. The highest BCUT2D eigenvalue weighted by atomic mass is 16.2. The zero-order valence-electron chi connectivity index (χ0n) is 23.5. The van der Waals surface area contributed by atoms with Crippen molar-refractivity contribution in [3.05, 3.63) is 177 Å². The van der Waals surface area contributed by atoms with Gasteiger partial charge in [0.05, 0.1) is 22.5 Å². The molecule has 0 saturated carbocycles. The molecule has 0 bridgehead atoms. The second-order valence-electron chi connectivity index (χ2n) is 10.7. The maximum atomic E-state index is 13.9. The molecule has 7 nitrogen and oxygen atoms in total. The first-order chi connectivity index (χ1) is 21.0. The van der Waals surface area contributed by atoms with Crippen LogP contribution in [-0.2, 0) is 5.54 Å². The maximum absolute atomic E-state index is 13.9. The van der Waals surface area contributed by atoms with Gasteiger partial charge in [0.15, 0.2) is 5.82 Å². The molecule has 0 aliphatic rings. The molecule has 3 N–H and O–H groups in total. The lowest BCUT2D eigenvalue weighted by Gasteiger charge is -2.37. The highest BCUT2D eigenvalue weighted by Gasteiger charge is 2.41. The fourth-order valence-electron chi connectivity index (χ4n) is 6.25. The van der Waals surface area contributed by atoms with Crippen molar-refractivity contribution in [3.8, 4) is 0 Å². The quantitative estimate of drug-likeness (QED) is 0.240. The second-order valence-corrected chi connectivity index (χ2v) is 10.7. The van der Waals surface area contributed by atoms with E-state index in [9.17, 15) is 9.59 Å². The Balaban J connectivity index is 1.56. The van der Waals surface area contributed by atoms with Crippen molar-refractivity contribution < 1.29 is 0 Å². The largest absolute Gasteiger partial charge is 0.382 e. The van der Waals surface area contributed by atoms with Gasteiger partial charge in [0.1, 0.15) is 5.54 Å². The highest BCUT2D eigenvalue weighted by molar-refractivity contribution is 6.00. The summed E-state index contributed by atoms with van der Waals surface area (Å²) in [6.45, 7) is 1.84. The Morgan fingerprint density at radius 3 is 1.70 bits per heavy atom. The maximum Gasteiger partial charge on any atom is 0.329 e. The molecular formula is C36H29N5O2. The average Bonchev–Trinajstić information content (AvgIpc) is 3.37. The minimum atomic E-state index is -0.912. The summed E-state index contributed by atoms with van der Waals surface area (Å²) >= 11 is 0. The number of rotatable bonds is 6. The molecule has 2 heterocycles. The number of hydrogen-bond acceptors (Lipinski definition) is 4. The van der Waals surface area contributed by atoms with E-state index in [0.717, 1.165) is 22.3 Å². The van der Waals surface area contributed by atoms with Crippen LogP contribution in [0.5, 0.6) is 0 Å². The fourth-order valence-corrected chi connectivity index (χ4v) is 6.25. The number of nitrogen functional groups attached to an aromatic ring is 1. The molecule has 2 aromatic heterocycles. The number of nitrogens with one attached hydrogen (secondary N) is 1. The first kappa shape index (κ1) is 26.2. The molecular weight excluding hydrogens is 534 g/mol. The Kier molecular flexibility index (Phi) is 6.28. The zero-order chi connectivity index (χ0) is 29.6. The smallest absolute Gasteiger partial charge is 0.329 e. The van der Waals surface area contributed by atoms with Gasteiger partial charge in [-0.2, -0.15) is 5.10 Å². The molecule has 0 radical (unpaired) electrons. The summed E-state index contributed by atoms with van der Waals surface area (Å²) in [5, 5.41) is 5.96. The summed E-state index contributed by atoms with van der Waals surface area (Å²) in [4.78, 5) is 30.3. The molecule has 0 aliphatic heterocycles. The van der Waals surface area contributed by atoms with Crippen molar-refractivity contribution in [2.75, 3.05) is 5.73 Å². The van der Waals surface area contributed by atoms with Gasteiger partial charge in [-0.25, -0.2) is 9.48 Å². The molecule has 1 atom stereocenters. The number of nitrogens with two attached hydrogens (primary N) is 1. The van der Waals surface area contributed by atoms with Gasteiger partial charge >= 0.3 is 5.69 Å². The van der Waals surface area contributed by atoms with Gasteiger partial charge in [0.25, 0.3) is 5.56 Å². The first-order valence-electron chi connectivity index (χ1n) is 14.2. The number of aromatic amines is 1. The van der Waals surface area contributed by atoms with Crippen LogP contribution < -0.4 is 17.0 Å². The molecule has 7 rings (SSSR count). The first-order valence-corrected chi connectivity index (χ1v) is 14.2. The van der Waals surface area contributed by atoms with Crippen LogP contribution >= 0.6 is 0 Å². The van der Waals surface area contributed by atoms with Gasteiger partial charge in [-0.3, -0.25) is 9.36 Å². The Morgan fingerprint density at radius 1 is 0.698 bits per heavy atom. The molecule has 43 heavy (non-hydrogen) atoms. The van der Waals surface area contributed by atoms with E-state index < -0.39 is 17.3 Å². The fraction of sp³-hybridized carbons (Fsp3) is 0.0833. The van der Waals surface area contributed by atoms with E-state index in [1.54, 1.807) is 6.07 Å². The number of H-pyrrole nitrogens is 1. The van der Waals surface area contributed by atoms with Crippen LogP contribution in [0.2, 0.25) is 0 Å². The van der Waals surface area contributed by atoms with Gasteiger partial charge in [-0.15, -0.1) is 0 Å². The normalized spacial score (nSPS) is 12.5. The molecule has 0 aliphatic carbocycles. The molecule has 5 aromatic carbocycles. The Hall–Kier alpha value is -5.69. The third kappa shape index (κ3) is 4.08. The Morgan fingerprint density at radius 2 is 1.19 bits per heavy atom. The van der Waals surface area contributed by atoms with Crippen LogP contribution in [0.15, 0.2) is 143 Å². The second kappa shape index (κ2) is 10.3. The monoisotopic (exact) mass is 563 g/mol. The van der Waals surface area contributed by atoms with E-state index in [1.165, 1.54) is 4.57 Å². The van der Waals surface area contributed by atoms with Gasteiger partial charge in [0, 0.05) is 5.39 Å². The molecule has 0 fully saturated rings. The summed E-state index contributed by atoms with van der Waals surface area (Å²) in [7, 11) is 0. The van der Waals surface area contributed by atoms with Crippen LogP contribution in [0.3, 0.4) is 0 Å². The van der Waals surface area contributed by atoms with E-state index in [2.05, 4.69) is 41.4 Å². The van der Waals surface area contributed by atoms with Crippen molar-refractivity contribution in [1.82, 2.24) is 19.3 Å². The third-order valence-corrected chi connectivity index (χ3v) is 8.32. The van der Waals surface area contributed by atoms with E-state index in [0.29, 0.717) is 21.8 Å². The van der Waals surface area contributed by atoms with Crippen LogP contribution in [0.1, 0.15) is 35.2 Å². The molecule has 0 amide bonds. The predicted octanol–water partition coefficient (Wildman–Crippen LogP) is 6.07. The van der Waals surface area contributed by atoms with Crippen LogP contribution in [0, 0.1) is 0 Å². The standard InChI is InChI=1S/C36H29N5O2/c1-24(25-14-6-2-7-15-25)40-34(42)29-22-30-32(23-31(29)38-35(40)43)41(39-33(30)37)36(26-16-8-3-9-17-26,27-18-10-4-11-19-27)28-20-12-5-13-21-28/h2-24H,1H3,(H2,37,39)(H,38,43)/t24-/m1/s1. The number of fused-ring (bicyclic) bond motifs is 2. The number of nitrogens with zero attached hydrogens (tertiary/aromatic N) is 3. The van der Waals surface area contributed by atoms with Crippen molar-refractivity contribution in [2.24, 2.45) is 0 Å². The molecule has 0 saturated heterocycles. The van der Waals surface area contributed by atoms with Crippen molar-refractivity contribution >= 4 is 27.6 Å². The van der Waals surface area contributed by atoms with Gasteiger partial charge in [0.2, 0.25) is 0 Å². The summed E-state index contributed by atoms with van der Waals surface area (Å²) in [6, 6.07) is 43.1. The van der Waals surface area contributed by atoms with Gasteiger partial charge < -0.3 is 10.7 Å². The summed E-state index contributed by atoms with van der Waals surface area (Å²) < 4.78 is 3.18. The van der Waals surface area contributed by atoms with E-state index in [4.69, 9.17) is 10.8 Å². The van der Waals surface area contributed by atoms with Crippen molar-refractivity contribution in [1.29, 1.82) is 0 Å². The van der Waals surface area contributed by atoms with Crippen molar-refractivity contribution in [2.45, 2.75) is 18.5 Å². The average molecular weight is 564 g/mol. The van der Waals surface area contributed by atoms with Crippen LogP contribution in [0.25, 0.3) is 21.8 Å². The zero-order valence-corrected chi connectivity index (χ0v) is 23.5. The number of aromatic nitrogens is 4. The SMILES string of the molecule is C[C@H](c1ccccc1)n1c(=O)[nH]c2cc3c(cc2c1=O)c(N)nn3C(c1ccccc1)(c1ccccc1)c1ccccc1. The van der Waals surface area contributed by atoms with Gasteiger partial charge in [-0.05, 0) is 41.3 Å². The molecule has 0 unspecified atom stereocenters. The Bertz CT molecular complexity index is 2090. The molecule has 210 valence electrons. The molecule has 7 heteroatoms. The summed E-state index contributed by atoms with van der Waals surface area (Å²) in [6.07, 6.45) is 0. The lowest BCUT2D eigenvalue weighted by atomic mass is 9.77. The number of benzene rings is 5.